The second-order valence-electron chi connectivity index (χ2n) is 3.36. The maximum absolute atomic E-state index is 13.4. The number of benzene rings is 1. The van der Waals surface area contributed by atoms with Gasteiger partial charge in [-0.3, -0.25) is 0 Å². The Morgan fingerprint density at radius 1 is 1.29 bits per heavy atom. The van der Waals surface area contributed by atoms with Crippen molar-refractivity contribution in [2.75, 3.05) is 0 Å². The Hall–Kier alpha value is -1.13. The van der Waals surface area contributed by atoms with E-state index < -0.39 is 5.82 Å². The van der Waals surface area contributed by atoms with Crippen LogP contribution in [-0.4, -0.2) is 4.98 Å². The van der Waals surface area contributed by atoms with Gasteiger partial charge in [0.15, 0.2) is 5.82 Å². The van der Waals surface area contributed by atoms with Crippen LogP contribution in [0.1, 0.15) is 5.56 Å². The fraction of sp³-hybridized carbons (Fsp3) is 0.0833. The second-order valence-corrected chi connectivity index (χ2v) is 4.71. The van der Waals surface area contributed by atoms with Gasteiger partial charge in [0.1, 0.15) is 6.61 Å². The van der Waals surface area contributed by atoms with Gasteiger partial charge in [0.25, 0.3) is 5.88 Å². The number of hydrogen-bond donors (Lipinski definition) is 0. The van der Waals surface area contributed by atoms with E-state index in [1.807, 2.05) is 12.1 Å². The SMILES string of the molecule is Fc1cc(Br)cnc1OCc1ccc(Cl)cc1. The predicted molar refractivity (Wildman–Crippen MR) is 67.7 cm³/mol. The molecule has 0 fully saturated rings. The molecule has 2 aromatic rings. The van der Waals surface area contributed by atoms with Gasteiger partial charge in [0, 0.05) is 15.7 Å². The zero-order valence-electron chi connectivity index (χ0n) is 8.66. The molecule has 2 rings (SSSR count). The molecule has 1 aromatic carbocycles. The summed E-state index contributed by atoms with van der Waals surface area (Å²) in [7, 11) is 0. The number of aromatic nitrogens is 1. The van der Waals surface area contributed by atoms with E-state index in [1.54, 1.807) is 12.1 Å². The van der Waals surface area contributed by atoms with Crippen LogP contribution in [0.5, 0.6) is 5.88 Å². The minimum atomic E-state index is -0.492. The highest BCUT2D eigenvalue weighted by Crippen LogP contribution is 2.19. The molecule has 0 unspecified atom stereocenters. The minimum absolute atomic E-state index is 0.0110. The van der Waals surface area contributed by atoms with E-state index in [0.29, 0.717) is 9.50 Å². The van der Waals surface area contributed by atoms with Crippen molar-refractivity contribution in [3.8, 4) is 5.88 Å². The molecule has 5 heteroatoms. The van der Waals surface area contributed by atoms with E-state index in [1.165, 1.54) is 12.3 Å². The van der Waals surface area contributed by atoms with Crippen LogP contribution in [0.4, 0.5) is 4.39 Å². The summed E-state index contributed by atoms with van der Waals surface area (Å²) in [5.41, 5.74) is 0.901. The van der Waals surface area contributed by atoms with Gasteiger partial charge in [-0.25, -0.2) is 9.37 Å². The molecule has 0 aliphatic rings. The highest BCUT2D eigenvalue weighted by molar-refractivity contribution is 9.10. The molecule has 0 spiro atoms. The monoisotopic (exact) mass is 315 g/mol. The standard InChI is InChI=1S/C12H8BrClFNO/c13-9-5-11(15)12(16-6-9)17-7-8-1-3-10(14)4-2-8/h1-6H,7H2. The summed E-state index contributed by atoms with van der Waals surface area (Å²) in [6, 6.07) is 8.46. The van der Waals surface area contributed by atoms with Crippen LogP contribution in [0, 0.1) is 5.82 Å². The lowest BCUT2D eigenvalue weighted by Crippen LogP contribution is -1.99. The van der Waals surface area contributed by atoms with E-state index in [-0.39, 0.29) is 12.5 Å². The van der Waals surface area contributed by atoms with Crippen molar-refractivity contribution in [2.45, 2.75) is 6.61 Å². The molecule has 0 atom stereocenters. The fourth-order valence-electron chi connectivity index (χ4n) is 1.24. The van der Waals surface area contributed by atoms with Gasteiger partial charge in [0.2, 0.25) is 0 Å². The number of hydrogen-bond acceptors (Lipinski definition) is 2. The Morgan fingerprint density at radius 3 is 2.65 bits per heavy atom. The maximum atomic E-state index is 13.4. The first-order chi connectivity index (χ1) is 8.15. The molecular formula is C12H8BrClFNO. The number of ether oxygens (including phenoxy) is 1. The van der Waals surface area contributed by atoms with Gasteiger partial charge < -0.3 is 4.74 Å². The lowest BCUT2D eigenvalue weighted by atomic mass is 10.2. The molecule has 17 heavy (non-hydrogen) atoms. The Balaban J connectivity index is 2.04. The molecule has 0 N–H and O–H groups in total. The highest BCUT2D eigenvalue weighted by atomic mass is 79.9. The highest BCUT2D eigenvalue weighted by Gasteiger charge is 2.05. The number of halogens is 3. The zero-order chi connectivity index (χ0) is 12.3. The van der Waals surface area contributed by atoms with Crippen molar-refractivity contribution in [3.63, 3.8) is 0 Å². The molecular weight excluding hydrogens is 308 g/mol. The molecule has 2 nitrogen and oxygen atoms in total. The zero-order valence-corrected chi connectivity index (χ0v) is 11.0. The summed E-state index contributed by atoms with van der Waals surface area (Å²) in [4.78, 5) is 3.84. The summed E-state index contributed by atoms with van der Waals surface area (Å²) in [6.45, 7) is 0.253. The normalized spacial score (nSPS) is 10.3. The number of nitrogens with zero attached hydrogens (tertiary/aromatic N) is 1. The Kier molecular flexibility index (Phi) is 3.97. The predicted octanol–water partition coefficient (Wildman–Crippen LogP) is 4.22. The van der Waals surface area contributed by atoms with E-state index >= 15 is 0 Å². The number of rotatable bonds is 3. The van der Waals surface area contributed by atoms with Gasteiger partial charge in [-0.05, 0) is 39.7 Å². The van der Waals surface area contributed by atoms with Crippen LogP contribution in [0.2, 0.25) is 5.02 Å². The maximum Gasteiger partial charge on any atom is 0.250 e. The largest absolute Gasteiger partial charge is 0.471 e. The van der Waals surface area contributed by atoms with Crippen LogP contribution in [-0.2, 0) is 6.61 Å². The average Bonchev–Trinajstić information content (AvgIpc) is 2.30. The molecule has 1 heterocycles. The Morgan fingerprint density at radius 2 is 2.00 bits per heavy atom. The van der Waals surface area contributed by atoms with Crippen molar-refractivity contribution >= 4 is 27.5 Å². The third-order valence-electron chi connectivity index (χ3n) is 2.06. The van der Waals surface area contributed by atoms with Gasteiger partial charge >= 0.3 is 0 Å². The van der Waals surface area contributed by atoms with Crippen molar-refractivity contribution in [1.82, 2.24) is 4.98 Å². The molecule has 1 aromatic heterocycles. The van der Waals surface area contributed by atoms with E-state index in [2.05, 4.69) is 20.9 Å². The van der Waals surface area contributed by atoms with E-state index in [9.17, 15) is 4.39 Å². The fourth-order valence-corrected chi connectivity index (χ4v) is 1.67. The van der Waals surface area contributed by atoms with Gasteiger partial charge in [-0.1, -0.05) is 23.7 Å². The van der Waals surface area contributed by atoms with Crippen molar-refractivity contribution in [3.05, 3.63) is 57.4 Å². The quantitative estimate of drug-likeness (QED) is 0.846. The molecule has 0 saturated heterocycles. The molecule has 0 radical (unpaired) electrons. The molecule has 0 aliphatic heterocycles. The molecule has 0 saturated carbocycles. The molecule has 88 valence electrons. The molecule has 0 aliphatic carbocycles. The first kappa shape index (κ1) is 12.3. The first-order valence-corrected chi connectivity index (χ1v) is 6.00. The summed E-state index contributed by atoms with van der Waals surface area (Å²) < 4.78 is 19.2. The molecule has 0 bridgehead atoms. The minimum Gasteiger partial charge on any atom is -0.471 e. The van der Waals surface area contributed by atoms with Crippen LogP contribution in [0.25, 0.3) is 0 Å². The second kappa shape index (κ2) is 5.47. The van der Waals surface area contributed by atoms with Crippen molar-refractivity contribution in [1.29, 1.82) is 0 Å². The Labute approximate surface area is 112 Å². The van der Waals surface area contributed by atoms with Crippen LogP contribution in [0.3, 0.4) is 0 Å². The van der Waals surface area contributed by atoms with Gasteiger partial charge in [-0.2, -0.15) is 0 Å². The summed E-state index contributed by atoms with van der Waals surface area (Å²) in [6.07, 6.45) is 1.49. The van der Waals surface area contributed by atoms with Crippen molar-refractivity contribution < 1.29 is 9.13 Å². The van der Waals surface area contributed by atoms with Crippen LogP contribution >= 0.6 is 27.5 Å². The summed E-state index contributed by atoms with van der Waals surface area (Å²) in [5, 5.41) is 0.654. The van der Waals surface area contributed by atoms with Crippen LogP contribution in [0.15, 0.2) is 41.0 Å². The topological polar surface area (TPSA) is 22.1 Å². The number of pyridine rings is 1. The van der Waals surface area contributed by atoms with Gasteiger partial charge in [0.05, 0.1) is 0 Å². The third kappa shape index (κ3) is 3.41. The molecule has 0 amide bonds. The third-order valence-corrected chi connectivity index (χ3v) is 2.75. The summed E-state index contributed by atoms with van der Waals surface area (Å²) >= 11 is 8.88. The Bertz CT molecular complexity index is 518. The van der Waals surface area contributed by atoms with Crippen molar-refractivity contribution in [2.24, 2.45) is 0 Å². The van der Waals surface area contributed by atoms with E-state index in [0.717, 1.165) is 5.56 Å². The van der Waals surface area contributed by atoms with Gasteiger partial charge in [-0.15, -0.1) is 0 Å². The summed E-state index contributed by atoms with van der Waals surface area (Å²) in [5.74, 6) is -0.503. The van der Waals surface area contributed by atoms with E-state index in [4.69, 9.17) is 16.3 Å². The lowest BCUT2D eigenvalue weighted by Gasteiger charge is -2.06. The smallest absolute Gasteiger partial charge is 0.250 e. The first-order valence-electron chi connectivity index (χ1n) is 4.83. The van der Waals surface area contributed by atoms with Crippen LogP contribution < -0.4 is 4.74 Å². The lowest BCUT2D eigenvalue weighted by molar-refractivity contribution is 0.277. The average molecular weight is 317 g/mol.